The van der Waals surface area contributed by atoms with Crippen LogP contribution >= 0.6 is 0 Å². The van der Waals surface area contributed by atoms with Gasteiger partial charge in [-0.1, -0.05) is 0 Å². The second kappa shape index (κ2) is 5.92. The van der Waals surface area contributed by atoms with E-state index in [-0.39, 0.29) is 6.61 Å². The van der Waals surface area contributed by atoms with Crippen LogP contribution in [0.15, 0.2) is 0 Å². The molecule has 0 saturated heterocycles. The SMILES string of the molecule is CC(O)OCC(=O)N(C(C)O)C(C)O. The number of ether oxygens (including phenoxy) is 1. The van der Waals surface area contributed by atoms with Crippen molar-refractivity contribution >= 4 is 5.91 Å². The maximum absolute atomic E-state index is 11.3. The minimum atomic E-state index is -1.10. The zero-order valence-electron chi connectivity index (χ0n) is 8.54. The van der Waals surface area contributed by atoms with Crippen LogP contribution in [0.2, 0.25) is 0 Å². The van der Waals surface area contributed by atoms with E-state index in [1.807, 2.05) is 0 Å². The van der Waals surface area contributed by atoms with E-state index >= 15 is 0 Å². The lowest BCUT2D eigenvalue weighted by Crippen LogP contribution is -2.46. The minimum absolute atomic E-state index is 0.381. The predicted octanol–water partition coefficient (Wildman–Crippen LogP) is -1.15. The molecule has 0 fully saturated rings. The molecule has 0 aliphatic rings. The van der Waals surface area contributed by atoms with Gasteiger partial charge in [-0.25, -0.2) is 0 Å². The van der Waals surface area contributed by atoms with Crippen molar-refractivity contribution in [1.29, 1.82) is 0 Å². The van der Waals surface area contributed by atoms with Gasteiger partial charge in [0.25, 0.3) is 5.91 Å². The third kappa shape index (κ3) is 4.52. The zero-order chi connectivity index (χ0) is 11.3. The smallest absolute Gasteiger partial charge is 0.252 e. The van der Waals surface area contributed by atoms with Crippen LogP contribution in [0.3, 0.4) is 0 Å². The van der Waals surface area contributed by atoms with Gasteiger partial charge in [0, 0.05) is 0 Å². The number of rotatable bonds is 5. The molecule has 0 radical (unpaired) electrons. The summed E-state index contributed by atoms with van der Waals surface area (Å²) in [6.45, 7) is 3.69. The summed E-state index contributed by atoms with van der Waals surface area (Å²) in [5.74, 6) is -0.587. The highest BCUT2D eigenvalue weighted by Crippen LogP contribution is 2.02. The van der Waals surface area contributed by atoms with Gasteiger partial charge in [-0.3, -0.25) is 9.69 Å². The first-order valence-electron chi connectivity index (χ1n) is 4.33. The molecule has 0 spiro atoms. The Morgan fingerprint density at radius 1 is 1.21 bits per heavy atom. The fourth-order valence-electron chi connectivity index (χ4n) is 0.995. The van der Waals surface area contributed by atoms with Crippen LogP contribution < -0.4 is 0 Å². The van der Waals surface area contributed by atoms with Crippen LogP contribution in [0.25, 0.3) is 0 Å². The average molecular weight is 207 g/mol. The van der Waals surface area contributed by atoms with Crippen molar-refractivity contribution in [2.75, 3.05) is 6.61 Å². The Kier molecular flexibility index (Phi) is 5.63. The van der Waals surface area contributed by atoms with Crippen molar-refractivity contribution in [2.45, 2.75) is 39.5 Å². The number of carbonyl (C=O) groups excluding carboxylic acids is 1. The van der Waals surface area contributed by atoms with Gasteiger partial charge in [0.1, 0.15) is 19.1 Å². The molecule has 0 aliphatic carbocycles. The van der Waals surface area contributed by atoms with E-state index < -0.39 is 24.7 Å². The third-order valence-corrected chi connectivity index (χ3v) is 1.54. The van der Waals surface area contributed by atoms with Crippen LogP contribution in [0.4, 0.5) is 0 Å². The molecule has 3 unspecified atom stereocenters. The van der Waals surface area contributed by atoms with E-state index in [4.69, 9.17) is 15.3 Å². The molecule has 0 aromatic rings. The van der Waals surface area contributed by atoms with E-state index in [9.17, 15) is 4.79 Å². The van der Waals surface area contributed by atoms with E-state index in [0.29, 0.717) is 0 Å². The average Bonchev–Trinajstić information content (AvgIpc) is 1.99. The number of hydrogen-bond donors (Lipinski definition) is 3. The summed E-state index contributed by atoms with van der Waals surface area (Å²) in [6.07, 6.45) is -3.25. The summed E-state index contributed by atoms with van der Waals surface area (Å²) in [7, 11) is 0. The number of hydrogen-bond acceptors (Lipinski definition) is 5. The van der Waals surface area contributed by atoms with Gasteiger partial charge >= 0.3 is 0 Å². The second-order valence-corrected chi connectivity index (χ2v) is 2.98. The van der Waals surface area contributed by atoms with Gasteiger partial charge < -0.3 is 20.1 Å². The Morgan fingerprint density at radius 3 is 1.93 bits per heavy atom. The summed E-state index contributed by atoms with van der Waals surface area (Å²) < 4.78 is 4.63. The Morgan fingerprint density at radius 2 is 1.64 bits per heavy atom. The Bertz CT molecular complexity index is 173. The van der Waals surface area contributed by atoms with Crippen LogP contribution in [-0.4, -0.2) is 51.5 Å². The lowest BCUT2D eigenvalue weighted by atomic mass is 10.4. The van der Waals surface area contributed by atoms with Gasteiger partial charge in [0.2, 0.25) is 0 Å². The summed E-state index contributed by atoms with van der Waals surface area (Å²) in [4.78, 5) is 12.2. The van der Waals surface area contributed by atoms with E-state index in [0.717, 1.165) is 4.90 Å². The molecule has 84 valence electrons. The molecular formula is C8H17NO5. The van der Waals surface area contributed by atoms with Crippen molar-refractivity contribution < 1.29 is 24.9 Å². The first-order chi connectivity index (χ1) is 6.36. The number of aliphatic hydroxyl groups is 3. The first kappa shape index (κ1) is 13.3. The van der Waals surface area contributed by atoms with Gasteiger partial charge in [-0.15, -0.1) is 0 Å². The highest BCUT2D eigenvalue weighted by Gasteiger charge is 2.22. The van der Waals surface area contributed by atoms with E-state index in [1.54, 1.807) is 0 Å². The minimum Gasteiger partial charge on any atom is -0.374 e. The Hall–Kier alpha value is -0.690. The predicted molar refractivity (Wildman–Crippen MR) is 47.8 cm³/mol. The molecule has 0 heterocycles. The maximum atomic E-state index is 11.3. The summed E-state index contributed by atoms with van der Waals surface area (Å²) in [5.41, 5.74) is 0. The normalized spacial score (nSPS) is 17.3. The lowest BCUT2D eigenvalue weighted by molar-refractivity contribution is -0.169. The number of aliphatic hydroxyl groups excluding tert-OH is 3. The number of amides is 1. The van der Waals surface area contributed by atoms with Gasteiger partial charge in [0.05, 0.1) is 0 Å². The molecule has 0 aromatic carbocycles. The molecule has 3 atom stereocenters. The van der Waals surface area contributed by atoms with Crippen LogP contribution in [-0.2, 0) is 9.53 Å². The van der Waals surface area contributed by atoms with Gasteiger partial charge in [-0.2, -0.15) is 0 Å². The number of nitrogens with zero attached hydrogens (tertiary/aromatic N) is 1. The molecule has 6 heteroatoms. The molecule has 1 amide bonds. The van der Waals surface area contributed by atoms with E-state index in [1.165, 1.54) is 20.8 Å². The zero-order valence-corrected chi connectivity index (χ0v) is 8.54. The molecule has 14 heavy (non-hydrogen) atoms. The highest BCUT2D eigenvalue weighted by atomic mass is 16.6. The summed E-state index contributed by atoms with van der Waals surface area (Å²) in [6, 6.07) is 0. The molecule has 0 aromatic heterocycles. The largest absolute Gasteiger partial charge is 0.374 e. The van der Waals surface area contributed by atoms with Crippen LogP contribution in [0.1, 0.15) is 20.8 Å². The van der Waals surface area contributed by atoms with Crippen molar-refractivity contribution in [3.8, 4) is 0 Å². The molecule has 3 N–H and O–H groups in total. The molecule has 6 nitrogen and oxygen atoms in total. The molecular weight excluding hydrogens is 190 g/mol. The standard InChI is InChI=1S/C8H17NO5/c1-5(10)9(6(2)11)8(13)4-14-7(3)12/h5-7,10-12H,4H2,1-3H3. The highest BCUT2D eigenvalue weighted by molar-refractivity contribution is 5.77. The quantitative estimate of drug-likeness (QED) is 0.495. The van der Waals surface area contributed by atoms with Crippen LogP contribution in [0.5, 0.6) is 0 Å². The third-order valence-electron chi connectivity index (χ3n) is 1.54. The molecule has 0 aliphatic heterocycles. The molecule has 0 saturated carbocycles. The second-order valence-electron chi connectivity index (χ2n) is 2.98. The molecule has 0 bridgehead atoms. The van der Waals surface area contributed by atoms with Crippen molar-refractivity contribution in [3.63, 3.8) is 0 Å². The van der Waals surface area contributed by atoms with E-state index in [2.05, 4.69) is 4.74 Å². The maximum Gasteiger partial charge on any atom is 0.252 e. The van der Waals surface area contributed by atoms with Crippen LogP contribution in [0, 0.1) is 0 Å². The fourth-order valence-corrected chi connectivity index (χ4v) is 0.995. The van der Waals surface area contributed by atoms with Crippen molar-refractivity contribution in [2.24, 2.45) is 0 Å². The van der Waals surface area contributed by atoms with Gasteiger partial charge in [-0.05, 0) is 20.8 Å². The van der Waals surface area contributed by atoms with Crippen molar-refractivity contribution in [3.05, 3.63) is 0 Å². The lowest BCUT2D eigenvalue weighted by Gasteiger charge is -2.28. The fraction of sp³-hybridized carbons (Fsp3) is 0.875. The topological polar surface area (TPSA) is 90.2 Å². The summed E-state index contributed by atoms with van der Waals surface area (Å²) in [5, 5.41) is 27.0. The van der Waals surface area contributed by atoms with Gasteiger partial charge in [0.15, 0.2) is 6.29 Å². The van der Waals surface area contributed by atoms with Crippen molar-refractivity contribution in [1.82, 2.24) is 4.90 Å². The monoisotopic (exact) mass is 207 g/mol. The molecule has 0 rings (SSSR count). The number of carbonyl (C=O) groups is 1. The summed E-state index contributed by atoms with van der Waals surface area (Å²) >= 11 is 0. The first-order valence-corrected chi connectivity index (χ1v) is 4.33. The Labute approximate surface area is 82.7 Å². The Balaban J connectivity index is 4.17.